The van der Waals surface area contributed by atoms with E-state index in [1.807, 2.05) is 37.3 Å². The summed E-state index contributed by atoms with van der Waals surface area (Å²) in [5, 5.41) is 0. The lowest BCUT2D eigenvalue weighted by molar-refractivity contribution is -0.149. The van der Waals surface area contributed by atoms with Gasteiger partial charge >= 0.3 is 5.97 Å². The standard InChI is InChI=1S/C19H18BrNO4/c1-13-9-14-5-2-3-8-17(14)21(13)18(22)11-25-19(23)12-24-16-7-4-6-15(20)10-16/h2-8,10,13H,9,11-12H2,1H3. The number of amides is 1. The summed E-state index contributed by atoms with van der Waals surface area (Å²) >= 11 is 3.33. The molecule has 1 aliphatic rings. The summed E-state index contributed by atoms with van der Waals surface area (Å²) in [5.41, 5.74) is 2.02. The Morgan fingerprint density at radius 2 is 1.96 bits per heavy atom. The van der Waals surface area contributed by atoms with E-state index in [4.69, 9.17) is 9.47 Å². The maximum atomic E-state index is 12.4. The molecule has 1 unspecified atom stereocenters. The second-order valence-electron chi connectivity index (χ2n) is 5.85. The number of hydrogen-bond donors (Lipinski definition) is 0. The molecule has 1 atom stereocenters. The third-order valence-electron chi connectivity index (χ3n) is 3.99. The van der Waals surface area contributed by atoms with Crippen LogP contribution in [-0.2, 0) is 20.7 Å². The SMILES string of the molecule is CC1Cc2ccccc2N1C(=O)COC(=O)COc1cccc(Br)c1. The highest BCUT2D eigenvalue weighted by Gasteiger charge is 2.30. The van der Waals surface area contributed by atoms with Crippen LogP contribution < -0.4 is 9.64 Å². The Bertz CT molecular complexity index is 792. The number of benzene rings is 2. The molecular weight excluding hydrogens is 386 g/mol. The molecule has 0 aliphatic carbocycles. The van der Waals surface area contributed by atoms with E-state index in [2.05, 4.69) is 15.9 Å². The van der Waals surface area contributed by atoms with Crippen LogP contribution in [0.2, 0.25) is 0 Å². The second-order valence-corrected chi connectivity index (χ2v) is 6.77. The van der Waals surface area contributed by atoms with Gasteiger partial charge < -0.3 is 14.4 Å². The molecule has 0 aromatic heterocycles. The molecule has 0 N–H and O–H groups in total. The van der Waals surface area contributed by atoms with Gasteiger partial charge in [0.2, 0.25) is 0 Å². The molecule has 2 aromatic carbocycles. The molecule has 0 spiro atoms. The Morgan fingerprint density at radius 3 is 2.76 bits per heavy atom. The van der Waals surface area contributed by atoms with Crippen LogP contribution in [0, 0.1) is 0 Å². The monoisotopic (exact) mass is 403 g/mol. The average molecular weight is 404 g/mol. The summed E-state index contributed by atoms with van der Waals surface area (Å²) < 4.78 is 11.3. The smallest absolute Gasteiger partial charge is 0.344 e. The second kappa shape index (κ2) is 7.70. The first-order valence-electron chi connectivity index (χ1n) is 7.98. The van der Waals surface area contributed by atoms with Crippen molar-refractivity contribution in [3.8, 4) is 5.75 Å². The van der Waals surface area contributed by atoms with Crippen LogP contribution in [0.15, 0.2) is 53.0 Å². The van der Waals surface area contributed by atoms with Crippen molar-refractivity contribution in [2.45, 2.75) is 19.4 Å². The lowest BCUT2D eigenvalue weighted by Crippen LogP contribution is -2.39. The fourth-order valence-corrected chi connectivity index (χ4v) is 3.28. The fraction of sp³-hybridized carbons (Fsp3) is 0.263. The zero-order valence-electron chi connectivity index (χ0n) is 13.8. The van der Waals surface area contributed by atoms with E-state index < -0.39 is 5.97 Å². The third kappa shape index (κ3) is 4.20. The van der Waals surface area contributed by atoms with E-state index in [-0.39, 0.29) is 25.2 Å². The average Bonchev–Trinajstić information content (AvgIpc) is 2.93. The minimum atomic E-state index is -0.575. The summed E-state index contributed by atoms with van der Waals surface area (Å²) in [7, 11) is 0. The van der Waals surface area contributed by atoms with Gasteiger partial charge in [-0.25, -0.2) is 4.79 Å². The van der Waals surface area contributed by atoms with Crippen LogP contribution in [0.1, 0.15) is 12.5 Å². The van der Waals surface area contributed by atoms with Gasteiger partial charge in [-0.1, -0.05) is 40.2 Å². The minimum Gasteiger partial charge on any atom is -0.482 e. The zero-order chi connectivity index (χ0) is 17.8. The molecule has 25 heavy (non-hydrogen) atoms. The van der Waals surface area contributed by atoms with Crippen molar-refractivity contribution in [3.63, 3.8) is 0 Å². The Kier molecular flexibility index (Phi) is 5.38. The van der Waals surface area contributed by atoms with Crippen LogP contribution in [-0.4, -0.2) is 31.1 Å². The first-order valence-corrected chi connectivity index (χ1v) is 8.78. The predicted octanol–water partition coefficient (Wildman–Crippen LogP) is 3.35. The number of ether oxygens (including phenoxy) is 2. The first kappa shape index (κ1) is 17.5. The third-order valence-corrected chi connectivity index (χ3v) is 4.48. The molecule has 1 aliphatic heterocycles. The molecule has 0 saturated heterocycles. The molecule has 1 heterocycles. The summed E-state index contributed by atoms with van der Waals surface area (Å²) in [6.07, 6.45) is 0.807. The van der Waals surface area contributed by atoms with E-state index in [0.29, 0.717) is 5.75 Å². The molecule has 0 bridgehead atoms. The van der Waals surface area contributed by atoms with Gasteiger partial charge in [0, 0.05) is 16.2 Å². The van der Waals surface area contributed by atoms with Gasteiger partial charge in [-0.3, -0.25) is 4.79 Å². The van der Waals surface area contributed by atoms with E-state index in [1.165, 1.54) is 0 Å². The van der Waals surface area contributed by atoms with Crippen molar-refractivity contribution in [1.82, 2.24) is 0 Å². The lowest BCUT2D eigenvalue weighted by Gasteiger charge is -2.22. The summed E-state index contributed by atoms with van der Waals surface area (Å²) in [4.78, 5) is 26.0. The Morgan fingerprint density at radius 1 is 1.16 bits per heavy atom. The van der Waals surface area contributed by atoms with Crippen LogP contribution in [0.4, 0.5) is 5.69 Å². The summed E-state index contributed by atoms with van der Waals surface area (Å²) in [6, 6.07) is 15.0. The van der Waals surface area contributed by atoms with E-state index in [1.54, 1.807) is 23.1 Å². The highest BCUT2D eigenvalue weighted by Crippen LogP contribution is 2.31. The first-order chi connectivity index (χ1) is 12.0. The maximum absolute atomic E-state index is 12.4. The maximum Gasteiger partial charge on any atom is 0.344 e. The highest BCUT2D eigenvalue weighted by atomic mass is 79.9. The van der Waals surface area contributed by atoms with Gasteiger partial charge in [0.25, 0.3) is 5.91 Å². The number of rotatable bonds is 5. The number of esters is 1. The normalized spacial score (nSPS) is 15.6. The number of fused-ring (bicyclic) bond motifs is 1. The number of anilines is 1. The number of nitrogens with zero attached hydrogens (tertiary/aromatic N) is 1. The quantitative estimate of drug-likeness (QED) is 0.718. The van der Waals surface area contributed by atoms with Crippen LogP contribution in [0.5, 0.6) is 5.75 Å². The molecule has 5 nitrogen and oxygen atoms in total. The van der Waals surface area contributed by atoms with Crippen molar-refractivity contribution < 1.29 is 19.1 Å². The fourth-order valence-electron chi connectivity index (χ4n) is 2.90. The highest BCUT2D eigenvalue weighted by molar-refractivity contribution is 9.10. The van der Waals surface area contributed by atoms with Gasteiger partial charge in [-0.15, -0.1) is 0 Å². The number of hydrogen-bond acceptors (Lipinski definition) is 4. The molecule has 0 radical (unpaired) electrons. The molecule has 0 saturated carbocycles. The molecule has 1 amide bonds. The van der Waals surface area contributed by atoms with Gasteiger partial charge in [0.1, 0.15) is 5.75 Å². The Hall–Kier alpha value is -2.34. The Balaban J connectivity index is 1.51. The van der Waals surface area contributed by atoms with Crippen LogP contribution >= 0.6 is 15.9 Å². The number of halogens is 1. The predicted molar refractivity (Wildman–Crippen MR) is 97.7 cm³/mol. The topological polar surface area (TPSA) is 55.8 Å². The number of carbonyl (C=O) groups excluding carboxylic acids is 2. The summed E-state index contributed by atoms with van der Waals surface area (Å²) in [6.45, 7) is 1.45. The van der Waals surface area contributed by atoms with E-state index in [0.717, 1.165) is 22.1 Å². The molecule has 0 fully saturated rings. The molecule has 3 rings (SSSR count). The number of carbonyl (C=O) groups is 2. The summed E-state index contributed by atoms with van der Waals surface area (Å²) in [5.74, 6) is -0.249. The van der Waals surface area contributed by atoms with Crippen molar-refractivity contribution in [3.05, 3.63) is 58.6 Å². The van der Waals surface area contributed by atoms with Crippen molar-refractivity contribution in [2.75, 3.05) is 18.1 Å². The molecule has 2 aromatic rings. The number of para-hydroxylation sites is 1. The minimum absolute atomic E-state index is 0.0570. The van der Waals surface area contributed by atoms with Gasteiger partial charge in [-0.2, -0.15) is 0 Å². The van der Waals surface area contributed by atoms with Gasteiger partial charge in [-0.05, 0) is 43.2 Å². The zero-order valence-corrected chi connectivity index (χ0v) is 15.4. The molecule has 130 valence electrons. The largest absolute Gasteiger partial charge is 0.482 e. The van der Waals surface area contributed by atoms with E-state index in [9.17, 15) is 9.59 Å². The van der Waals surface area contributed by atoms with Crippen LogP contribution in [0.3, 0.4) is 0 Å². The van der Waals surface area contributed by atoms with Crippen molar-refractivity contribution in [1.29, 1.82) is 0 Å². The van der Waals surface area contributed by atoms with Crippen LogP contribution in [0.25, 0.3) is 0 Å². The Labute approximate surface area is 154 Å². The lowest BCUT2D eigenvalue weighted by atomic mass is 10.1. The molecule has 6 heteroatoms. The van der Waals surface area contributed by atoms with Gasteiger partial charge in [0.05, 0.1) is 0 Å². The van der Waals surface area contributed by atoms with Crippen molar-refractivity contribution in [2.24, 2.45) is 0 Å². The van der Waals surface area contributed by atoms with Gasteiger partial charge in [0.15, 0.2) is 13.2 Å². The van der Waals surface area contributed by atoms with Crippen molar-refractivity contribution >= 4 is 33.5 Å². The molecular formula is C19H18BrNO4. The van der Waals surface area contributed by atoms with E-state index >= 15 is 0 Å².